The number of carbonyl (C=O) groups is 2. The average molecular weight is 325 g/mol. The van der Waals surface area contributed by atoms with Crippen molar-refractivity contribution < 1.29 is 14.3 Å². The van der Waals surface area contributed by atoms with E-state index in [-0.39, 0.29) is 12.5 Å². The molecule has 0 spiro atoms. The number of hydrogen-bond donors (Lipinski definition) is 1. The normalized spacial score (nSPS) is 20.2. The van der Waals surface area contributed by atoms with Crippen molar-refractivity contribution in [2.75, 3.05) is 6.61 Å². The number of para-hydroxylation sites is 1. The number of rotatable bonds is 5. The largest absolute Gasteiger partial charge is 0.494 e. The number of carbonyl (C=O) groups excluding carboxylic acids is 2. The van der Waals surface area contributed by atoms with Crippen molar-refractivity contribution in [3.63, 3.8) is 0 Å². The van der Waals surface area contributed by atoms with Crippen molar-refractivity contribution >= 4 is 11.9 Å². The van der Waals surface area contributed by atoms with Crippen LogP contribution < -0.4 is 10.1 Å². The van der Waals surface area contributed by atoms with Crippen molar-refractivity contribution in [1.29, 1.82) is 0 Å². The van der Waals surface area contributed by atoms with Crippen LogP contribution in [0.3, 0.4) is 0 Å². The summed E-state index contributed by atoms with van der Waals surface area (Å²) in [4.78, 5) is 30.7. The maximum absolute atomic E-state index is 12.9. The summed E-state index contributed by atoms with van der Waals surface area (Å²) in [6.07, 6.45) is 1.60. The van der Waals surface area contributed by atoms with Gasteiger partial charge in [0.15, 0.2) is 5.54 Å². The molecule has 6 heteroatoms. The van der Waals surface area contributed by atoms with Crippen LogP contribution in [-0.2, 0) is 16.9 Å². The molecule has 0 aliphatic carbocycles. The summed E-state index contributed by atoms with van der Waals surface area (Å²) in [6, 6.07) is 12.3. The van der Waals surface area contributed by atoms with Gasteiger partial charge in [-0.05, 0) is 32.0 Å². The minimum absolute atomic E-state index is 0.156. The molecule has 3 amide bonds. The molecule has 1 N–H and O–H groups in total. The molecule has 1 atom stereocenters. The van der Waals surface area contributed by atoms with Gasteiger partial charge in [-0.3, -0.25) is 14.7 Å². The van der Waals surface area contributed by atoms with Crippen LogP contribution in [0.25, 0.3) is 0 Å². The van der Waals surface area contributed by atoms with Gasteiger partial charge in [0.1, 0.15) is 5.75 Å². The number of urea groups is 1. The van der Waals surface area contributed by atoms with E-state index in [2.05, 4.69) is 10.3 Å². The van der Waals surface area contributed by atoms with Crippen LogP contribution in [0.4, 0.5) is 4.79 Å². The highest BCUT2D eigenvalue weighted by molar-refractivity contribution is 6.06. The molecule has 1 aliphatic heterocycles. The summed E-state index contributed by atoms with van der Waals surface area (Å²) in [5.41, 5.74) is 0.149. The maximum Gasteiger partial charge on any atom is 0.325 e. The van der Waals surface area contributed by atoms with E-state index in [1.54, 1.807) is 31.3 Å². The SMILES string of the molecule is CCOc1ccccc1CN1C(=O)N[C@](C)(c2ccccn2)C1=O. The number of hydrogen-bond acceptors (Lipinski definition) is 4. The van der Waals surface area contributed by atoms with E-state index >= 15 is 0 Å². The van der Waals surface area contributed by atoms with Gasteiger partial charge in [0.25, 0.3) is 5.91 Å². The van der Waals surface area contributed by atoms with Crippen LogP contribution in [0, 0.1) is 0 Å². The van der Waals surface area contributed by atoms with Crippen molar-refractivity contribution in [1.82, 2.24) is 15.2 Å². The molecular weight excluding hydrogens is 306 g/mol. The number of amides is 3. The summed E-state index contributed by atoms with van der Waals surface area (Å²) in [6.45, 7) is 4.23. The summed E-state index contributed by atoms with van der Waals surface area (Å²) in [5.74, 6) is 0.351. The topological polar surface area (TPSA) is 71.5 Å². The molecule has 1 saturated heterocycles. The molecule has 3 rings (SSSR count). The van der Waals surface area contributed by atoms with Gasteiger partial charge in [-0.1, -0.05) is 24.3 Å². The Morgan fingerprint density at radius 1 is 1.17 bits per heavy atom. The van der Waals surface area contributed by atoms with Crippen LogP contribution >= 0.6 is 0 Å². The Kier molecular flexibility index (Phi) is 4.20. The molecule has 0 unspecified atom stereocenters. The maximum atomic E-state index is 12.9. The van der Waals surface area contributed by atoms with Crippen molar-refractivity contribution in [2.45, 2.75) is 25.9 Å². The van der Waals surface area contributed by atoms with E-state index in [1.807, 2.05) is 31.2 Å². The number of nitrogens with zero attached hydrogens (tertiary/aromatic N) is 2. The highest BCUT2D eigenvalue weighted by atomic mass is 16.5. The monoisotopic (exact) mass is 325 g/mol. The van der Waals surface area contributed by atoms with E-state index in [9.17, 15) is 9.59 Å². The Morgan fingerprint density at radius 3 is 2.62 bits per heavy atom. The lowest BCUT2D eigenvalue weighted by Gasteiger charge is -2.21. The number of benzene rings is 1. The third-order valence-electron chi connectivity index (χ3n) is 4.05. The number of pyridine rings is 1. The standard InChI is InChI=1S/C18H19N3O3/c1-3-24-14-9-5-4-8-13(14)12-21-16(22)18(2,20-17(21)23)15-10-6-7-11-19-15/h4-11H,3,12H2,1-2H3,(H,20,23)/t18-/m1/s1. The lowest BCUT2D eigenvalue weighted by molar-refractivity contribution is -0.131. The molecule has 0 saturated carbocycles. The Labute approximate surface area is 140 Å². The van der Waals surface area contributed by atoms with Crippen molar-refractivity contribution in [2.24, 2.45) is 0 Å². The molecule has 1 aromatic carbocycles. The predicted molar refractivity (Wildman–Crippen MR) is 88.3 cm³/mol. The first-order chi connectivity index (χ1) is 11.6. The molecule has 2 aromatic rings. The van der Waals surface area contributed by atoms with Crippen molar-refractivity contribution in [3.05, 3.63) is 59.9 Å². The van der Waals surface area contributed by atoms with Crippen LogP contribution in [0.15, 0.2) is 48.7 Å². The van der Waals surface area contributed by atoms with Crippen LogP contribution in [0.1, 0.15) is 25.1 Å². The van der Waals surface area contributed by atoms with Gasteiger partial charge in [-0.2, -0.15) is 0 Å². The number of imide groups is 1. The fourth-order valence-electron chi connectivity index (χ4n) is 2.77. The minimum atomic E-state index is -1.15. The first-order valence-electron chi connectivity index (χ1n) is 7.82. The lowest BCUT2D eigenvalue weighted by Crippen LogP contribution is -2.41. The van der Waals surface area contributed by atoms with E-state index in [1.165, 1.54) is 4.90 Å². The fourth-order valence-corrected chi connectivity index (χ4v) is 2.77. The number of aromatic nitrogens is 1. The Bertz CT molecular complexity index is 763. The van der Waals surface area contributed by atoms with E-state index < -0.39 is 11.6 Å². The molecule has 0 radical (unpaired) electrons. The summed E-state index contributed by atoms with van der Waals surface area (Å²) in [7, 11) is 0. The smallest absolute Gasteiger partial charge is 0.325 e. The second kappa shape index (κ2) is 6.31. The first kappa shape index (κ1) is 16.0. The summed E-state index contributed by atoms with van der Waals surface area (Å²) >= 11 is 0. The average Bonchev–Trinajstić information content (AvgIpc) is 2.82. The predicted octanol–water partition coefficient (Wildman–Crippen LogP) is 2.45. The second-order valence-electron chi connectivity index (χ2n) is 5.70. The Hall–Kier alpha value is -2.89. The zero-order chi connectivity index (χ0) is 17.2. The summed E-state index contributed by atoms with van der Waals surface area (Å²) < 4.78 is 5.57. The fraction of sp³-hybridized carbons (Fsp3) is 0.278. The second-order valence-corrected chi connectivity index (χ2v) is 5.70. The minimum Gasteiger partial charge on any atom is -0.494 e. The number of ether oxygens (including phenoxy) is 1. The molecule has 1 fully saturated rings. The van der Waals surface area contributed by atoms with Crippen LogP contribution in [0.5, 0.6) is 5.75 Å². The molecule has 0 bridgehead atoms. The quantitative estimate of drug-likeness (QED) is 0.857. The highest BCUT2D eigenvalue weighted by Gasteiger charge is 2.49. The molecule has 2 heterocycles. The summed E-state index contributed by atoms with van der Waals surface area (Å²) in [5, 5.41) is 2.75. The molecule has 1 aromatic heterocycles. The van der Waals surface area contributed by atoms with Crippen molar-refractivity contribution in [3.8, 4) is 5.75 Å². The highest BCUT2D eigenvalue weighted by Crippen LogP contribution is 2.30. The molecule has 24 heavy (non-hydrogen) atoms. The van der Waals surface area contributed by atoms with Crippen LogP contribution in [0.2, 0.25) is 0 Å². The third-order valence-corrected chi connectivity index (χ3v) is 4.05. The van der Waals surface area contributed by atoms with Crippen LogP contribution in [-0.4, -0.2) is 28.4 Å². The molecule has 1 aliphatic rings. The van der Waals surface area contributed by atoms with Gasteiger partial charge in [0, 0.05) is 11.8 Å². The third kappa shape index (κ3) is 2.71. The zero-order valence-corrected chi connectivity index (χ0v) is 13.7. The zero-order valence-electron chi connectivity index (χ0n) is 13.7. The van der Waals surface area contributed by atoms with Gasteiger partial charge >= 0.3 is 6.03 Å². The van der Waals surface area contributed by atoms with Gasteiger partial charge in [-0.15, -0.1) is 0 Å². The first-order valence-corrected chi connectivity index (χ1v) is 7.82. The van der Waals surface area contributed by atoms with Gasteiger partial charge < -0.3 is 10.1 Å². The molecular formula is C18H19N3O3. The van der Waals surface area contributed by atoms with Gasteiger partial charge in [0.05, 0.1) is 18.8 Å². The van der Waals surface area contributed by atoms with E-state index in [4.69, 9.17) is 4.74 Å². The Balaban J connectivity index is 1.88. The lowest BCUT2D eigenvalue weighted by atomic mass is 9.97. The van der Waals surface area contributed by atoms with Gasteiger partial charge in [0.2, 0.25) is 0 Å². The molecule has 124 valence electrons. The van der Waals surface area contributed by atoms with E-state index in [0.717, 1.165) is 5.56 Å². The van der Waals surface area contributed by atoms with Gasteiger partial charge in [-0.25, -0.2) is 4.79 Å². The van der Waals surface area contributed by atoms with E-state index in [0.29, 0.717) is 18.1 Å². The molecule has 6 nitrogen and oxygen atoms in total. The Morgan fingerprint density at radius 2 is 1.92 bits per heavy atom. The number of nitrogens with one attached hydrogen (secondary N) is 1.